The number of likely N-dealkylation sites (tertiary alicyclic amines) is 1. The van der Waals surface area contributed by atoms with E-state index in [9.17, 15) is 0 Å². The molecule has 1 aliphatic rings. The fourth-order valence-corrected chi connectivity index (χ4v) is 2.65. The summed E-state index contributed by atoms with van der Waals surface area (Å²) in [5.74, 6) is -2.05. The molecule has 7 nitrogen and oxygen atoms in total. The smallest absolute Gasteiger partial charge is 0.414 e. The molecular formula is C18H25Cl2NO6. The van der Waals surface area contributed by atoms with Crippen molar-refractivity contribution in [1.82, 2.24) is 4.90 Å². The van der Waals surface area contributed by atoms with Gasteiger partial charge in [-0.3, -0.25) is 0 Å². The zero-order chi connectivity index (χ0) is 20.2. The Morgan fingerprint density at radius 2 is 1.70 bits per heavy atom. The molecule has 0 atom stereocenters. The van der Waals surface area contributed by atoms with E-state index in [-0.39, 0.29) is 0 Å². The number of nitrogens with zero attached hydrogens (tertiary/aromatic N) is 1. The van der Waals surface area contributed by atoms with Gasteiger partial charge in [-0.2, -0.15) is 0 Å². The third-order valence-electron chi connectivity index (χ3n) is 4.00. The van der Waals surface area contributed by atoms with Gasteiger partial charge in [0.15, 0.2) is 0 Å². The molecule has 1 fully saturated rings. The van der Waals surface area contributed by atoms with Crippen LogP contribution in [0.1, 0.15) is 19.8 Å². The van der Waals surface area contributed by atoms with Crippen molar-refractivity contribution in [3.8, 4) is 5.75 Å². The minimum atomic E-state index is -1.82. The first-order chi connectivity index (χ1) is 12.8. The van der Waals surface area contributed by atoms with Crippen LogP contribution in [-0.4, -0.2) is 66.5 Å². The van der Waals surface area contributed by atoms with E-state index in [4.69, 9.17) is 52.5 Å². The van der Waals surface area contributed by atoms with Crippen LogP contribution in [0.2, 0.25) is 10.0 Å². The van der Waals surface area contributed by atoms with Crippen molar-refractivity contribution in [1.29, 1.82) is 0 Å². The highest BCUT2D eigenvalue weighted by molar-refractivity contribution is 6.42. The van der Waals surface area contributed by atoms with Gasteiger partial charge >= 0.3 is 11.9 Å². The number of carbonyl (C=O) groups is 2. The predicted molar refractivity (Wildman–Crippen MR) is 103 cm³/mol. The fourth-order valence-electron chi connectivity index (χ4n) is 2.37. The SMILES string of the molecule is CC1CCN(CCOCCOc2ccc(Cl)c(Cl)c2)CC1.O=C(O)C(=O)O. The summed E-state index contributed by atoms with van der Waals surface area (Å²) in [5, 5.41) is 15.8. The molecule has 0 amide bonds. The number of rotatable bonds is 7. The van der Waals surface area contributed by atoms with Crippen LogP contribution in [0.25, 0.3) is 0 Å². The number of ether oxygens (including phenoxy) is 2. The van der Waals surface area contributed by atoms with E-state index in [0.717, 1.165) is 24.8 Å². The molecule has 1 aromatic rings. The van der Waals surface area contributed by atoms with Crippen LogP contribution in [0.3, 0.4) is 0 Å². The molecule has 152 valence electrons. The molecule has 27 heavy (non-hydrogen) atoms. The lowest BCUT2D eigenvalue weighted by Gasteiger charge is -2.29. The van der Waals surface area contributed by atoms with Gasteiger partial charge in [-0.05, 0) is 44.0 Å². The lowest BCUT2D eigenvalue weighted by Crippen LogP contribution is -2.35. The zero-order valence-electron chi connectivity index (χ0n) is 15.2. The number of hydrogen-bond acceptors (Lipinski definition) is 5. The summed E-state index contributed by atoms with van der Waals surface area (Å²) in [5.41, 5.74) is 0. The van der Waals surface area contributed by atoms with Gasteiger partial charge in [-0.15, -0.1) is 0 Å². The maximum absolute atomic E-state index is 9.10. The largest absolute Gasteiger partial charge is 0.491 e. The van der Waals surface area contributed by atoms with E-state index in [1.807, 2.05) is 6.07 Å². The molecule has 0 saturated carbocycles. The van der Waals surface area contributed by atoms with Gasteiger partial charge in [0.1, 0.15) is 12.4 Å². The Kier molecular flexibility index (Phi) is 11.1. The van der Waals surface area contributed by atoms with E-state index < -0.39 is 11.9 Å². The molecule has 0 aromatic heterocycles. The Morgan fingerprint density at radius 3 is 2.26 bits per heavy atom. The molecule has 1 aromatic carbocycles. The highest BCUT2D eigenvalue weighted by Crippen LogP contribution is 2.26. The van der Waals surface area contributed by atoms with Crippen LogP contribution in [0.4, 0.5) is 0 Å². The predicted octanol–water partition coefficient (Wildman–Crippen LogP) is 3.28. The molecule has 2 N–H and O–H groups in total. The van der Waals surface area contributed by atoms with Crippen LogP contribution in [0, 0.1) is 5.92 Å². The summed E-state index contributed by atoms with van der Waals surface area (Å²) in [6.45, 7) is 7.61. The summed E-state index contributed by atoms with van der Waals surface area (Å²) in [6.07, 6.45) is 2.61. The Hall–Kier alpha value is -1.54. The number of carboxylic acids is 2. The summed E-state index contributed by atoms with van der Waals surface area (Å²) in [6, 6.07) is 5.26. The van der Waals surface area contributed by atoms with Crippen LogP contribution >= 0.6 is 23.2 Å². The molecule has 0 radical (unpaired) electrons. The minimum absolute atomic E-state index is 0.509. The van der Waals surface area contributed by atoms with Crippen LogP contribution in [0.5, 0.6) is 5.75 Å². The van der Waals surface area contributed by atoms with Crippen molar-refractivity contribution in [2.45, 2.75) is 19.8 Å². The van der Waals surface area contributed by atoms with Crippen LogP contribution in [-0.2, 0) is 14.3 Å². The molecular weight excluding hydrogens is 397 g/mol. The number of carboxylic acid groups (broad SMARTS) is 2. The molecule has 9 heteroatoms. The average Bonchev–Trinajstić information content (AvgIpc) is 2.63. The number of hydrogen-bond donors (Lipinski definition) is 2. The third kappa shape index (κ3) is 10.4. The maximum atomic E-state index is 9.10. The van der Waals surface area contributed by atoms with E-state index in [0.29, 0.717) is 23.3 Å². The Bertz CT molecular complexity index is 594. The van der Waals surface area contributed by atoms with Gasteiger partial charge in [0.05, 0.1) is 23.3 Å². The highest BCUT2D eigenvalue weighted by atomic mass is 35.5. The first kappa shape index (κ1) is 23.5. The molecule has 0 spiro atoms. The van der Waals surface area contributed by atoms with Crippen LogP contribution < -0.4 is 4.74 Å². The Balaban J connectivity index is 0.000000527. The first-order valence-electron chi connectivity index (χ1n) is 8.63. The molecule has 1 saturated heterocycles. The topological polar surface area (TPSA) is 96.3 Å². The van der Waals surface area contributed by atoms with Crippen molar-refractivity contribution < 1.29 is 29.3 Å². The number of aliphatic carboxylic acids is 2. The van der Waals surface area contributed by atoms with Gasteiger partial charge < -0.3 is 24.6 Å². The molecule has 2 rings (SSSR count). The Labute approximate surface area is 168 Å². The molecule has 1 heterocycles. The Morgan fingerprint density at radius 1 is 1.07 bits per heavy atom. The van der Waals surface area contributed by atoms with Gasteiger partial charge in [0, 0.05) is 12.6 Å². The summed E-state index contributed by atoms with van der Waals surface area (Å²) in [4.78, 5) is 20.7. The van der Waals surface area contributed by atoms with Crippen molar-refractivity contribution in [2.75, 3.05) is 39.5 Å². The average molecular weight is 422 g/mol. The maximum Gasteiger partial charge on any atom is 0.414 e. The van der Waals surface area contributed by atoms with Crippen molar-refractivity contribution in [2.24, 2.45) is 5.92 Å². The third-order valence-corrected chi connectivity index (χ3v) is 4.74. The minimum Gasteiger partial charge on any atom is -0.491 e. The molecule has 0 aliphatic carbocycles. The van der Waals surface area contributed by atoms with Gasteiger partial charge in [-0.1, -0.05) is 30.1 Å². The number of piperidine rings is 1. The molecule has 0 bridgehead atoms. The lowest BCUT2D eigenvalue weighted by atomic mass is 9.99. The van der Waals surface area contributed by atoms with Gasteiger partial charge in [0.25, 0.3) is 0 Å². The number of halogens is 2. The standard InChI is InChI=1S/C16H23Cl2NO2.C2H2O4/c1-13-4-6-19(7-5-13)8-9-20-10-11-21-14-2-3-15(17)16(18)12-14;3-1(4)2(5)6/h2-3,12-13H,4-11H2,1H3;(H,3,4)(H,5,6). The summed E-state index contributed by atoms with van der Waals surface area (Å²) >= 11 is 11.8. The van der Waals surface area contributed by atoms with Crippen molar-refractivity contribution in [3.63, 3.8) is 0 Å². The van der Waals surface area contributed by atoms with Crippen molar-refractivity contribution >= 4 is 35.1 Å². The van der Waals surface area contributed by atoms with E-state index >= 15 is 0 Å². The summed E-state index contributed by atoms with van der Waals surface area (Å²) in [7, 11) is 0. The highest BCUT2D eigenvalue weighted by Gasteiger charge is 2.14. The van der Waals surface area contributed by atoms with Gasteiger partial charge in [0.2, 0.25) is 0 Å². The van der Waals surface area contributed by atoms with E-state index in [1.165, 1.54) is 25.9 Å². The van der Waals surface area contributed by atoms with Gasteiger partial charge in [-0.25, -0.2) is 9.59 Å². The second kappa shape index (κ2) is 12.8. The lowest BCUT2D eigenvalue weighted by molar-refractivity contribution is -0.159. The normalized spacial score (nSPS) is 14.9. The number of benzene rings is 1. The second-order valence-corrected chi connectivity index (χ2v) is 6.99. The molecule has 0 unspecified atom stereocenters. The molecule has 1 aliphatic heterocycles. The monoisotopic (exact) mass is 421 g/mol. The fraction of sp³-hybridized carbons (Fsp3) is 0.556. The van der Waals surface area contributed by atoms with E-state index in [1.54, 1.807) is 12.1 Å². The zero-order valence-corrected chi connectivity index (χ0v) is 16.7. The second-order valence-electron chi connectivity index (χ2n) is 6.17. The quantitative estimate of drug-likeness (QED) is 0.514. The first-order valence-corrected chi connectivity index (χ1v) is 9.39. The van der Waals surface area contributed by atoms with Crippen LogP contribution in [0.15, 0.2) is 18.2 Å². The van der Waals surface area contributed by atoms with E-state index in [2.05, 4.69) is 11.8 Å². The van der Waals surface area contributed by atoms with Crippen molar-refractivity contribution in [3.05, 3.63) is 28.2 Å². The summed E-state index contributed by atoms with van der Waals surface area (Å²) < 4.78 is 11.2.